The third-order valence-corrected chi connectivity index (χ3v) is 6.00. The monoisotopic (exact) mass is 482 g/mol. The molecule has 0 amide bonds. The van der Waals surface area contributed by atoms with Crippen molar-refractivity contribution in [2.75, 3.05) is 13.7 Å². The predicted molar refractivity (Wildman–Crippen MR) is 119 cm³/mol. The minimum absolute atomic E-state index is 0.0265. The molecule has 0 saturated heterocycles. The molecular formula is C25H22O10. The second-order valence-electron chi connectivity index (χ2n) is 8.19. The summed E-state index contributed by atoms with van der Waals surface area (Å²) >= 11 is 0. The van der Waals surface area contributed by atoms with Crippen molar-refractivity contribution in [2.45, 2.75) is 24.4 Å². The first-order valence-electron chi connectivity index (χ1n) is 10.7. The molecule has 4 atom stereocenters. The number of carbonyl (C=O) groups excluding carboxylic acids is 1. The summed E-state index contributed by atoms with van der Waals surface area (Å²) in [4.78, 5) is 12.9. The number of aliphatic hydroxyl groups is 2. The van der Waals surface area contributed by atoms with Gasteiger partial charge in [0.15, 0.2) is 41.3 Å². The lowest BCUT2D eigenvalue weighted by molar-refractivity contribution is -0.137. The maximum Gasteiger partial charge on any atom is 0.211 e. The van der Waals surface area contributed by atoms with Crippen molar-refractivity contribution in [3.8, 4) is 40.2 Å². The fraction of sp³-hybridized carbons (Fsp3) is 0.240. The van der Waals surface area contributed by atoms with Gasteiger partial charge in [-0.2, -0.15) is 0 Å². The number of carbonyl (C=O) groups is 1. The van der Waals surface area contributed by atoms with Gasteiger partial charge in [-0.3, -0.25) is 4.79 Å². The van der Waals surface area contributed by atoms with Crippen molar-refractivity contribution in [1.82, 2.24) is 0 Å². The highest BCUT2D eigenvalue weighted by molar-refractivity contribution is 5.92. The summed E-state index contributed by atoms with van der Waals surface area (Å²) in [5.74, 6) is -0.736. The number of phenols is 3. The second kappa shape index (κ2) is 8.57. The number of aliphatic hydroxyl groups excluding tert-OH is 2. The van der Waals surface area contributed by atoms with Crippen molar-refractivity contribution in [2.24, 2.45) is 0 Å². The van der Waals surface area contributed by atoms with Crippen LogP contribution in [0.4, 0.5) is 0 Å². The van der Waals surface area contributed by atoms with E-state index in [1.54, 1.807) is 24.3 Å². The number of ether oxygens (including phenoxy) is 4. The average molecular weight is 482 g/mol. The molecule has 0 saturated carbocycles. The van der Waals surface area contributed by atoms with E-state index in [1.807, 2.05) is 0 Å². The Morgan fingerprint density at radius 1 is 0.857 bits per heavy atom. The van der Waals surface area contributed by atoms with Crippen LogP contribution in [0, 0.1) is 0 Å². The van der Waals surface area contributed by atoms with E-state index in [0.29, 0.717) is 16.9 Å². The lowest BCUT2D eigenvalue weighted by Gasteiger charge is -2.34. The van der Waals surface area contributed by atoms with Crippen LogP contribution in [0.1, 0.15) is 35.0 Å². The molecule has 0 bridgehead atoms. The molecule has 3 aromatic carbocycles. The molecule has 0 aliphatic carbocycles. The van der Waals surface area contributed by atoms with Crippen LogP contribution >= 0.6 is 0 Å². The molecule has 2 heterocycles. The number of Topliss-reactive ketones (excluding diaryl/α,β-unsaturated/α-hetero) is 1. The smallest absolute Gasteiger partial charge is 0.211 e. The Labute approximate surface area is 199 Å². The highest BCUT2D eigenvalue weighted by atomic mass is 16.6. The number of hydrogen-bond acceptors (Lipinski definition) is 10. The molecule has 5 rings (SSSR count). The summed E-state index contributed by atoms with van der Waals surface area (Å²) in [6.07, 6.45) is -4.46. The summed E-state index contributed by atoms with van der Waals surface area (Å²) < 4.78 is 22.8. The molecule has 2 aliphatic rings. The van der Waals surface area contributed by atoms with Gasteiger partial charge in [0.2, 0.25) is 5.78 Å². The van der Waals surface area contributed by atoms with Crippen LogP contribution in [0.25, 0.3) is 0 Å². The van der Waals surface area contributed by atoms with Crippen molar-refractivity contribution in [3.63, 3.8) is 0 Å². The summed E-state index contributed by atoms with van der Waals surface area (Å²) in [5.41, 5.74) is 0.745. The maximum absolute atomic E-state index is 12.9. The van der Waals surface area contributed by atoms with Gasteiger partial charge in [0.25, 0.3) is 0 Å². The van der Waals surface area contributed by atoms with Crippen molar-refractivity contribution in [3.05, 3.63) is 65.2 Å². The molecule has 3 aromatic rings. The first kappa shape index (κ1) is 22.6. The number of hydrogen-bond donors (Lipinski definition) is 5. The third kappa shape index (κ3) is 3.82. The van der Waals surface area contributed by atoms with E-state index in [9.17, 15) is 30.3 Å². The van der Waals surface area contributed by atoms with Gasteiger partial charge < -0.3 is 44.5 Å². The Bertz CT molecular complexity index is 1300. The molecule has 0 aromatic heterocycles. The van der Waals surface area contributed by atoms with E-state index in [2.05, 4.69) is 0 Å². The number of phenolic OH excluding ortho intramolecular Hbond substituents is 3. The van der Waals surface area contributed by atoms with Gasteiger partial charge in [0.05, 0.1) is 19.3 Å². The van der Waals surface area contributed by atoms with Crippen molar-refractivity contribution >= 4 is 5.78 Å². The highest BCUT2D eigenvalue weighted by Gasteiger charge is 2.40. The summed E-state index contributed by atoms with van der Waals surface area (Å²) in [7, 11) is 1.43. The Morgan fingerprint density at radius 2 is 1.63 bits per heavy atom. The molecule has 0 spiro atoms. The van der Waals surface area contributed by atoms with Gasteiger partial charge >= 0.3 is 0 Å². The van der Waals surface area contributed by atoms with Gasteiger partial charge in [-0.15, -0.1) is 0 Å². The number of methoxy groups -OCH3 is 1. The molecule has 4 unspecified atom stereocenters. The summed E-state index contributed by atoms with van der Waals surface area (Å²) in [5, 5.41) is 50.4. The summed E-state index contributed by atoms with van der Waals surface area (Å²) in [6.45, 7) is -0.362. The van der Waals surface area contributed by atoms with Crippen LogP contribution in [0.3, 0.4) is 0 Å². The van der Waals surface area contributed by atoms with Gasteiger partial charge in [-0.1, -0.05) is 12.1 Å². The van der Waals surface area contributed by atoms with E-state index in [-0.39, 0.29) is 40.9 Å². The van der Waals surface area contributed by atoms with Crippen LogP contribution in [0.15, 0.2) is 48.5 Å². The number of ketones is 1. The lowest BCUT2D eigenvalue weighted by atomic mass is 9.92. The zero-order valence-electron chi connectivity index (χ0n) is 18.4. The molecule has 5 N–H and O–H groups in total. The third-order valence-electron chi connectivity index (χ3n) is 6.00. The number of benzene rings is 3. The molecular weight excluding hydrogens is 460 g/mol. The van der Waals surface area contributed by atoms with Gasteiger partial charge in [0.1, 0.15) is 23.4 Å². The molecule has 10 heteroatoms. The van der Waals surface area contributed by atoms with Crippen LogP contribution in [-0.4, -0.2) is 51.1 Å². The predicted octanol–water partition coefficient (Wildman–Crippen LogP) is 2.42. The zero-order chi connectivity index (χ0) is 24.9. The van der Waals surface area contributed by atoms with E-state index in [0.717, 1.165) is 6.07 Å². The largest absolute Gasteiger partial charge is 0.508 e. The number of aromatic hydroxyl groups is 3. The van der Waals surface area contributed by atoms with Crippen LogP contribution < -0.4 is 18.9 Å². The minimum atomic E-state index is -1.66. The quantitative estimate of drug-likeness (QED) is 0.374. The van der Waals surface area contributed by atoms with Gasteiger partial charge in [-0.25, -0.2) is 0 Å². The van der Waals surface area contributed by atoms with Crippen LogP contribution in [-0.2, 0) is 4.79 Å². The molecule has 35 heavy (non-hydrogen) atoms. The second-order valence-corrected chi connectivity index (χ2v) is 8.19. The van der Waals surface area contributed by atoms with E-state index in [1.165, 1.54) is 25.3 Å². The minimum Gasteiger partial charge on any atom is -0.508 e. The number of fused-ring (bicyclic) bond motifs is 2. The number of rotatable bonds is 4. The molecule has 0 radical (unpaired) electrons. The van der Waals surface area contributed by atoms with Crippen LogP contribution in [0.5, 0.6) is 40.2 Å². The normalized spacial score (nSPS) is 22.8. The van der Waals surface area contributed by atoms with E-state index in [4.69, 9.17) is 18.9 Å². The SMILES string of the molecule is COc1ccc(C2Oc3cc(C4Oc5cc(O)cc(O)c5C(O)C4=O)ccc3OC2CO)cc1O. The average Bonchev–Trinajstić information content (AvgIpc) is 2.84. The molecule has 0 fully saturated rings. The highest BCUT2D eigenvalue weighted by Crippen LogP contribution is 2.47. The molecule has 2 aliphatic heterocycles. The topological polar surface area (TPSA) is 155 Å². The van der Waals surface area contributed by atoms with E-state index >= 15 is 0 Å². The van der Waals surface area contributed by atoms with Gasteiger partial charge in [0, 0.05) is 23.3 Å². The first-order valence-corrected chi connectivity index (χ1v) is 10.7. The molecule has 10 nitrogen and oxygen atoms in total. The Hall–Kier alpha value is -4.15. The maximum atomic E-state index is 12.9. The Kier molecular flexibility index (Phi) is 5.54. The van der Waals surface area contributed by atoms with Gasteiger partial charge in [-0.05, 0) is 24.3 Å². The fourth-order valence-electron chi connectivity index (χ4n) is 4.29. The Morgan fingerprint density at radius 3 is 2.34 bits per heavy atom. The van der Waals surface area contributed by atoms with Crippen molar-refractivity contribution < 1.29 is 49.3 Å². The first-order chi connectivity index (χ1) is 16.8. The standard InChI is InChI=1S/C25H22O10/c1-32-16-4-2-11(6-14(16)28)24-20(10-26)33-17-5-3-12(7-18(17)34-24)25-23(31)22(30)21-15(29)8-13(27)9-19(21)35-25/h2-9,20,22,24-30H,10H2,1H3. The fourth-order valence-corrected chi connectivity index (χ4v) is 4.29. The van der Waals surface area contributed by atoms with E-state index < -0.39 is 35.9 Å². The zero-order valence-corrected chi connectivity index (χ0v) is 18.4. The van der Waals surface area contributed by atoms with Crippen LogP contribution in [0.2, 0.25) is 0 Å². The lowest BCUT2D eigenvalue weighted by Crippen LogP contribution is -2.36. The molecule has 182 valence electrons. The van der Waals surface area contributed by atoms with Crippen molar-refractivity contribution in [1.29, 1.82) is 0 Å². The summed E-state index contributed by atoms with van der Waals surface area (Å²) in [6, 6.07) is 11.5. The Balaban J connectivity index is 1.49.